The van der Waals surface area contributed by atoms with Crippen molar-refractivity contribution >= 4 is 33.4 Å². The summed E-state index contributed by atoms with van der Waals surface area (Å²) in [5.41, 5.74) is 2.18. The predicted octanol–water partition coefficient (Wildman–Crippen LogP) is 4.55. The van der Waals surface area contributed by atoms with Crippen molar-refractivity contribution in [1.29, 1.82) is 0 Å². The lowest BCUT2D eigenvalue weighted by molar-refractivity contribution is 0.0474. The molecule has 9 heteroatoms. The van der Waals surface area contributed by atoms with E-state index in [0.717, 1.165) is 37.1 Å². The molecule has 0 atom stereocenters. The Bertz CT molecular complexity index is 1160. The van der Waals surface area contributed by atoms with Gasteiger partial charge in [0.2, 0.25) is 15.8 Å². The van der Waals surface area contributed by atoms with E-state index in [2.05, 4.69) is 6.58 Å². The second kappa shape index (κ2) is 10.7. The summed E-state index contributed by atoms with van der Waals surface area (Å²) < 4.78 is 34.8. The Hall–Kier alpha value is -2.42. The minimum Gasteiger partial charge on any atom is -0.454 e. The molecular weight excluding hydrogens is 464 g/mol. The van der Waals surface area contributed by atoms with Crippen LogP contribution in [0.25, 0.3) is 0 Å². The van der Waals surface area contributed by atoms with Crippen LogP contribution in [0.4, 0.5) is 0 Å². The summed E-state index contributed by atoms with van der Waals surface area (Å²) in [6.07, 6.45) is 5.28. The molecule has 0 aliphatic carbocycles. The Kier molecular flexibility index (Phi) is 8.15. The van der Waals surface area contributed by atoms with Gasteiger partial charge in [0.25, 0.3) is 0 Å². The van der Waals surface area contributed by atoms with Crippen molar-refractivity contribution in [2.45, 2.75) is 51.0 Å². The predicted molar refractivity (Wildman–Crippen MR) is 127 cm³/mol. The van der Waals surface area contributed by atoms with Gasteiger partial charge >= 0.3 is 5.97 Å². The summed E-state index contributed by atoms with van der Waals surface area (Å²) in [6, 6.07) is 5.74. The molecule has 0 spiro atoms. The third kappa shape index (κ3) is 5.57. The smallest absolute Gasteiger partial charge is 0.338 e. The van der Waals surface area contributed by atoms with Crippen LogP contribution in [0.5, 0.6) is 0 Å². The van der Waals surface area contributed by atoms with Gasteiger partial charge in [-0.05, 0) is 51.0 Å². The van der Waals surface area contributed by atoms with Crippen LogP contribution < -0.4 is 0 Å². The molecule has 3 rings (SSSR count). The van der Waals surface area contributed by atoms with Crippen molar-refractivity contribution < 1.29 is 22.7 Å². The SMILES string of the molecule is C=CCn1c(C)cc(C(=O)COC(=O)c2ccc(Cl)c(S(=O)(=O)N3CCCCCC3)c2)c1C. The first-order valence-electron chi connectivity index (χ1n) is 10.9. The van der Waals surface area contributed by atoms with Gasteiger partial charge in [-0.3, -0.25) is 4.79 Å². The lowest BCUT2D eigenvalue weighted by atomic mass is 10.1. The minimum atomic E-state index is -3.84. The van der Waals surface area contributed by atoms with Crippen LogP contribution in [-0.4, -0.2) is 48.7 Å². The first-order chi connectivity index (χ1) is 15.7. The number of Topliss-reactive ketones (excluding diaryl/α,β-unsaturated/α-hetero) is 1. The third-order valence-corrected chi connectivity index (χ3v) is 8.25. The Morgan fingerprint density at radius 1 is 1.12 bits per heavy atom. The number of ketones is 1. The summed E-state index contributed by atoms with van der Waals surface area (Å²) in [5.74, 6) is -1.12. The van der Waals surface area contributed by atoms with Gasteiger partial charge in [0.1, 0.15) is 4.90 Å². The highest BCUT2D eigenvalue weighted by molar-refractivity contribution is 7.89. The first-order valence-corrected chi connectivity index (χ1v) is 12.8. The number of benzene rings is 1. The van der Waals surface area contributed by atoms with Crippen molar-refractivity contribution in [3.8, 4) is 0 Å². The van der Waals surface area contributed by atoms with Crippen LogP contribution in [0, 0.1) is 13.8 Å². The van der Waals surface area contributed by atoms with E-state index in [-0.39, 0.29) is 21.3 Å². The number of esters is 1. The molecular formula is C24H29ClN2O5S. The summed E-state index contributed by atoms with van der Waals surface area (Å²) in [5, 5.41) is 0.0431. The van der Waals surface area contributed by atoms with Gasteiger partial charge in [-0.25, -0.2) is 13.2 Å². The molecule has 0 radical (unpaired) electrons. The third-order valence-electron chi connectivity index (χ3n) is 5.87. The number of halogens is 1. The standard InChI is InChI=1S/C24H29ClN2O5S/c1-4-11-27-17(2)14-20(18(27)3)22(28)16-32-24(29)19-9-10-21(25)23(15-19)33(30,31)26-12-7-5-6-8-13-26/h4,9-10,14-15H,1,5-8,11-13,16H2,2-3H3. The molecule has 1 aromatic carbocycles. The maximum Gasteiger partial charge on any atom is 0.338 e. The van der Waals surface area contributed by atoms with Crippen molar-refractivity contribution in [3.05, 3.63) is 64.5 Å². The average Bonchev–Trinajstić information content (AvgIpc) is 2.96. The number of hydrogen-bond acceptors (Lipinski definition) is 5. The molecule has 0 N–H and O–H groups in total. The van der Waals surface area contributed by atoms with E-state index in [9.17, 15) is 18.0 Å². The number of rotatable bonds is 8. The number of allylic oxidation sites excluding steroid dienone is 1. The fourth-order valence-corrected chi connectivity index (χ4v) is 6.05. The van der Waals surface area contributed by atoms with E-state index in [1.165, 1.54) is 22.5 Å². The van der Waals surface area contributed by atoms with Crippen LogP contribution >= 0.6 is 11.6 Å². The van der Waals surface area contributed by atoms with E-state index in [1.807, 2.05) is 18.4 Å². The molecule has 0 saturated carbocycles. The molecule has 0 bridgehead atoms. The summed E-state index contributed by atoms with van der Waals surface area (Å²) >= 11 is 6.19. The van der Waals surface area contributed by atoms with E-state index >= 15 is 0 Å². The normalized spacial score (nSPS) is 15.1. The quantitative estimate of drug-likeness (QED) is 0.306. The van der Waals surface area contributed by atoms with E-state index in [0.29, 0.717) is 25.2 Å². The number of carbonyl (C=O) groups is 2. The Morgan fingerprint density at radius 2 is 1.79 bits per heavy atom. The highest BCUT2D eigenvalue weighted by Crippen LogP contribution is 2.28. The summed E-state index contributed by atoms with van der Waals surface area (Å²) in [4.78, 5) is 25.1. The number of carbonyl (C=O) groups excluding carboxylic acids is 2. The molecule has 1 saturated heterocycles. The van der Waals surface area contributed by atoms with Gasteiger partial charge in [-0.2, -0.15) is 4.31 Å². The molecule has 0 unspecified atom stereocenters. The van der Waals surface area contributed by atoms with Crippen molar-refractivity contribution in [2.24, 2.45) is 0 Å². The lowest BCUT2D eigenvalue weighted by Crippen LogP contribution is -2.32. The Morgan fingerprint density at radius 3 is 2.42 bits per heavy atom. The number of aryl methyl sites for hydroxylation is 1. The molecule has 7 nitrogen and oxygen atoms in total. The fraction of sp³-hybridized carbons (Fsp3) is 0.417. The average molecular weight is 493 g/mol. The highest BCUT2D eigenvalue weighted by atomic mass is 35.5. The van der Waals surface area contributed by atoms with Gasteiger partial charge in [0.15, 0.2) is 6.61 Å². The minimum absolute atomic E-state index is 0.0257. The van der Waals surface area contributed by atoms with E-state index in [4.69, 9.17) is 16.3 Å². The first kappa shape index (κ1) is 25.2. The van der Waals surface area contributed by atoms with Crippen LogP contribution in [0.1, 0.15) is 57.8 Å². The molecule has 2 aromatic rings. The molecule has 178 valence electrons. The number of aromatic nitrogens is 1. The molecule has 2 heterocycles. The van der Waals surface area contributed by atoms with Crippen molar-refractivity contribution in [1.82, 2.24) is 8.87 Å². The van der Waals surface area contributed by atoms with Crippen LogP contribution in [0.3, 0.4) is 0 Å². The molecule has 1 fully saturated rings. The second-order valence-corrected chi connectivity index (χ2v) is 10.5. The molecule has 0 amide bonds. The number of hydrogen-bond donors (Lipinski definition) is 0. The number of ether oxygens (including phenoxy) is 1. The van der Waals surface area contributed by atoms with E-state index < -0.39 is 22.6 Å². The molecule has 1 aromatic heterocycles. The molecule has 1 aliphatic rings. The van der Waals surface area contributed by atoms with Crippen molar-refractivity contribution in [3.63, 3.8) is 0 Å². The number of nitrogens with zero attached hydrogens (tertiary/aromatic N) is 2. The van der Waals surface area contributed by atoms with Gasteiger partial charge < -0.3 is 9.30 Å². The largest absolute Gasteiger partial charge is 0.454 e. The van der Waals surface area contributed by atoms with Gasteiger partial charge in [0, 0.05) is 36.6 Å². The maximum absolute atomic E-state index is 13.1. The topological polar surface area (TPSA) is 85.7 Å². The molecule has 33 heavy (non-hydrogen) atoms. The second-order valence-electron chi connectivity index (χ2n) is 8.15. The Balaban J connectivity index is 1.75. The summed E-state index contributed by atoms with van der Waals surface area (Å²) in [6.45, 7) is 8.40. The van der Waals surface area contributed by atoms with Crippen molar-refractivity contribution in [2.75, 3.05) is 19.7 Å². The zero-order valence-corrected chi connectivity index (χ0v) is 20.5. The molecule has 1 aliphatic heterocycles. The Labute approximate surface area is 200 Å². The summed E-state index contributed by atoms with van der Waals surface area (Å²) in [7, 11) is -3.84. The lowest BCUT2D eigenvalue weighted by Gasteiger charge is -2.21. The van der Waals surface area contributed by atoms with Crippen LogP contribution in [0.15, 0.2) is 41.8 Å². The monoisotopic (exact) mass is 492 g/mol. The zero-order valence-electron chi connectivity index (χ0n) is 19.0. The van der Waals surface area contributed by atoms with Gasteiger partial charge in [-0.15, -0.1) is 6.58 Å². The maximum atomic E-state index is 13.1. The van der Waals surface area contributed by atoms with Gasteiger partial charge in [-0.1, -0.05) is 30.5 Å². The van der Waals surface area contributed by atoms with Gasteiger partial charge in [0.05, 0.1) is 10.6 Å². The zero-order chi connectivity index (χ0) is 24.2. The van der Waals surface area contributed by atoms with Crippen LogP contribution in [0.2, 0.25) is 5.02 Å². The fourth-order valence-electron chi connectivity index (χ4n) is 4.03. The highest BCUT2D eigenvalue weighted by Gasteiger charge is 2.28. The van der Waals surface area contributed by atoms with Crippen LogP contribution in [-0.2, 0) is 21.3 Å². The number of sulfonamides is 1. The van der Waals surface area contributed by atoms with E-state index in [1.54, 1.807) is 12.1 Å².